The third-order valence-corrected chi connectivity index (χ3v) is 5.14. The number of rotatable bonds is 6. The van der Waals surface area contributed by atoms with Crippen molar-refractivity contribution in [3.8, 4) is 0 Å². The minimum atomic E-state index is -0.221. The van der Waals surface area contributed by atoms with Crippen molar-refractivity contribution in [1.82, 2.24) is 0 Å². The Morgan fingerprint density at radius 1 is 1.11 bits per heavy atom. The monoisotopic (exact) mass is 364 g/mol. The molecule has 0 bridgehead atoms. The van der Waals surface area contributed by atoms with Gasteiger partial charge in [0.25, 0.3) is 0 Å². The molecule has 0 aromatic heterocycles. The number of carbonyl (C=O) groups is 1. The third-order valence-electron chi connectivity index (χ3n) is 5.14. The van der Waals surface area contributed by atoms with E-state index in [4.69, 9.17) is 9.47 Å². The summed E-state index contributed by atoms with van der Waals surface area (Å²) in [6.07, 6.45) is 6.73. The number of hydrogen-bond donors (Lipinski definition) is 0. The van der Waals surface area contributed by atoms with Crippen LogP contribution in [0.5, 0.6) is 0 Å². The van der Waals surface area contributed by atoms with Crippen LogP contribution in [0.4, 0.5) is 0 Å². The van der Waals surface area contributed by atoms with Crippen molar-refractivity contribution >= 4 is 12.0 Å². The van der Waals surface area contributed by atoms with Gasteiger partial charge in [0.05, 0.1) is 12.2 Å². The van der Waals surface area contributed by atoms with Crippen molar-refractivity contribution in [2.45, 2.75) is 51.4 Å². The number of carbonyl (C=O) groups excluding carboxylic acids is 1. The molecule has 0 saturated carbocycles. The zero-order valence-corrected chi connectivity index (χ0v) is 16.1. The van der Waals surface area contributed by atoms with Gasteiger partial charge in [0.2, 0.25) is 0 Å². The summed E-state index contributed by atoms with van der Waals surface area (Å²) in [6, 6.07) is 20.6. The predicted molar refractivity (Wildman–Crippen MR) is 108 cm³/mol. The van der Waals surface area contributed by atoms with Crippen LogP contribution in [0.25, 0.3) is 6.08 Å². The maximum atomic E-state index is 11.5. The first-order valence-corrected chi connectivity index (χ1v) is 9.71. The lowest BCUT2D eigenvalue weighted by molar-refractivity contribution is -0.166. The molecular weight excluding hydrogens is 336 g/mol. The standard InChI is InChI=1S/C24H28O3/c1-18-23(16-14-21-11-7-4-8-12-21)27-22(17-24(18)26-19(2)25)15-13-20-9-5-3-6-10-20/h3-12,14,16,18,22-24H,13,15,17H2,1-2H3/b16-14+/t18-,22+,23-,24-/m0/s1. The fourth-order valence-corrected chi connectivity index (χ4v) is 3.60. The third kappa shape index (κ3) is 5.80. The number of benzene rings is 2. The van der Waals surface area contributed by atoms with E-state index in [1.165, 1.54) is 12.5 Å². The van der Waals surface area contributed by atoms with E-state index in [-0.39, 0.29) is 30.2 Å². The van der Waals surface area contributed by atoms with Gasteiger partial charge in [0.1, 0.15) is 6.10 Å². The molecular formula is C24H28O3. The van der Waals surface area contributed by atoms with Gasteiger partial charge in [-0.25, -0.2) is 0 Å². The molecule has 142 valence electrons. The molecule has 0 N–H and O–H groups in total. The van der Waals surface area contributed by atoms with E-state index in [1.54, 1.807) is 0 Å². The van der Waals surface area contributed by atoms with E-state index in [0.29, 0.717) is 0 Å². The van der Waals surface area contributed by atoms with E-state index < -0.39 is 0 Å². The molecule has 1 aliphatic heterocycles. The van der Waals surface area contributed by atoms with Crippen molar-refractivity contribution in [3.63, 3.8) is 0 Å². The smallest absolute Gasteiger partial charge is 0.302 e. The Kier molecular flexibility index (Phi) is 6.83. The van der Waals surface area contributed by atoms with Gasteiger partial charge in [-0.1, -0.05) is 79.7 Å². The van der Waals surface area contributed by atoms with E-state index in [2.05, 4.69) is 55.5 Å². The molecule has 3 rings (SSSR count). The molecule has 2 aromatic rings. The molecule has 1 saturated heterocycles. The van der Waals surface area contributed by atoms with Crippen LogP contribution in [0, 0.1) is 5.92 Å². The summed E-state index contributed by atoms with van der Waals surface area (Å²) in [5, 5.41) is 0. The summed E-state index contributed by atoms with van der Waals surface area (Å²) in [5.74, 6) is -0.0943. The first-order chi connectivity index (χ1) is 13.1. The minimum absolute atomic E-state index is 0.0657. The molecule has 1 heterocycles. The number of aryl methyl sites for hydroxylation is 1. The number of ether oxygens (including phenoxy) is 2. The first-order valence-electron chi connectivity index (χ1n) is 9.71. The van der Waals surface area contributed by atoms with Crippen LogP contribution in [0.3, 0.4) is 0 Å². The maximum Gasteiger partial charge on any atom is 0.302 e. The molecule has 0 amide bonds. The molecule has 27 heavy (non-hydrogen) atoms. The molecule has 1 fully saturated rings. The second kappa shape index (κ2) is 9.52. The fraction of sp³-hybridized carbons (Fsp3) is 0.375. The Balaban J connectivity index is 1.68. The summed E-state index contributed by atoms with van der Waals surface area (Å²) < 4.78 is 12.0. The highest BCUT2D eigenvalue weighted by Gasteiger charge is 2.36. The van der Waals surface area contributed by atoms with Crippen LogP contribution in [0.1, 0.15) is 37.8 Å². The van der Waals surface area contributed by atoms with Crippen LogP contribution in [-0.4, -0.2) is 24.3 Å². The van der Waals surface area contributed by atoms with Crippen molar-refractivity contribution in [2.24, 2.45) is 5.92 Å². The van der Waals surface area contributed by atoms with E-state index >= 15 is 0 Å². The summed E-state index contributed by atoms with van der Waals surface area (Å²) >= 11 is 0. The van der Waals surface area contributed by atoms with Gasteiger partial charge < -0.3 is 9.47 Å². The second-order valence-electron chi connectivity index (χ2n) is 7.26. The lowest BCUT2D eigenvalue weighted by Gasteiger charge is -2.39. The molecule has 2 aromatic carbocycles. The molecule has 3 heteroatoms. The van der Waals surface area contributed by atoms with E-state index in [1.807, 2.05) is 24.3 Å². The van der Waals surface area contributed by atoms with Crippen molar-refractivity contribution in [2.75, 3.05) is 0 Å². The van der Waals surface area contributed by atoms with Crippen molar-refractivity contribution in [1.29, 1.82) is 0 Å². The Morgan fingerprint density at radius 3 is 2.44 bits per heavy atom. The van der Waals surface area contributed by atoms with Crippen LogP contribution in [0.15, 0.2) is 66.7 Å². The largest absolute Gasteiger partial charge is 0.462 e. The molecule has 0 aliphatic carbocycles. The molecule has 3 nitrogen and oxygen atoms in total. The number of hydrogen-bond acceptors (Lipinski definition) is 3. The first kappa shape index (κ1) is 19.4. The van der Waals surface area contributed by atoms with Gasteiger partial charge >= 0.3 is 5.97 Å². The lowest BCUT2D eigenvalue weighted by Crippen LogP contribution is -2.44. The average molecular weight is 364 g/mol. The van der Waals surface area contributed by atoms with Gasteiger partial charge in [-0.15, -0.1) is 0 Å². The highest BCUT2D eigenvalue weighted by atomic mass is 16.6. The van der Waals surface area contributed by atoms with Gasteiger partial charge in [-0.05, 0) is 24.0 Å². The summed E-state index contributed by atoms with van der Waals surface area (Å²) in [7, 11) is 0. The van der Waals surface area contributed by atoms with Crippen LogP contribution >= 0.6 is 0 Å². The van der Waals surface area contributed by atoms with E-state index in [0.717, 1.165) is 24.8 Å². The SMILES string of the molecule is CC(=O)O[C@H]1C[C@@H](CCc2ccccc2)O[C@@H](/C=C/c2ccccc2)[C@@H]1C. The molecule has 0 radical (unpaired) electrons. The quantitative estimate of drug-likeness (QED) is 0.672. The fourth-order valence-electron chi connectivity index (χ4n) is 3.60. The zero-order valence-electron chi connectivity index (χ0n) is 16.1. The van der Waals surface area contributed by atoms with Gasteiger partial charge in [0.15, 0.2) is 0 Å². The summed E-state index contributed by atoms with van der Waals surface area (Å²) in [5.41, 5.74) is 2.45. The molecule has 0 unspecified atom stereocenters. The molecule has 4 atom stereocenters. The maximum absolute atomic E-state index is 11.5. The van der Waals surface area contributed by atoms with Crippen molar-refractivity contribution in [3.05, 3.63) is 77.9 Å². The summed E-state index contributed by atoms with van der Waals surface area (Å²) in [6.45, 7) is 3.58. The predicted octanol–water partition coefficient (Wildman–Crippen LogP) is 5.06. The van der Waals surface area contributed by atoms with Gasteiger partial charge in [-0.2, -0.15) is 0 Å². The van der Waals surface area contributed by atoms with Gasteiger partial charge in [0, 0.05) is 19.3 Å². The van der Waals surface area contributed by atoms with Crippen LogP contribution < -0.4 is 0 Å². The Morgan fingerprint density at radius 2 is 1.78 bits per heavy atom. The average Bonchev–Trinajstić information content (AvgIpc) is 2.68. The molecule has 1 aliphatic rings. The van der Waals surface area contributed by atoms with E-state index in [9.17, 15) is 4.79 Å². The summed E-state index contributed by atoms with van der Waals surface area (Å²) in [4.78, 5) is 11.5. The van der Waals surface area contributed by atoms with Gasteiger partial charge in [-0.3, -0.25) is 4.79 Å². The van der Waals surface area contributed by atoms with Crippen LogP contribution in [0.2, 0.25) is 0 Å². The number of esters is 1. The zero-order chi connectivity index (χ0) is 19.1. The van der Waals surface area contributed by atoms with Crippen molar-refractivity contribution < 1.29 is 14.3 Å². The molecule has 0 spiro atoms. The Hall–Kier alpha value is -2.39. The van der Waals surface area contributed by atoms with Crippen LogP contribution in [-0.2, 0) is 20.7 Å². The Labute approximate surface area is 162 Å². The minimum Gasteiger partial charge on any atom is -0.462 e. The second-order valence-corrected chi connectivity index (χ2v) is 7.26. The Bertz CT molecular complexity index is 739. The lowest BCUT2D eigenvalue weighted by atomic mass is 9.87. The normalized spacial score (nSPS) is 25.4. The topological polar surface area (TPSA) is 35.5 Å². The highest BCUT2D eigenvalue weighted by Crippen LogP contribution is 2.31. The highest BCUT2D eigenvalue weighted by molar-refractivity contribution is 5.66.